The third kappa shape index (κ3) is 4.54. The van der Waals surface area contributed by atoms with Crippen molar-refractivity contribution in [2.24, 2.45) is 0 Å². The lowest BCUT2D eigenvalue weighted by Gasteiger charge is -2.34. The van der Waals surface area contributed by atoms with Gasteiger partial charge in [-0.2, -0.15) is 13.1 Å². The summed E-state index contributed by atoms with van der Waals surface area (Å²) in [6.45, 7) is -3.07. The van der Waals surface area contributed by atoms with Crippen LogP contribution in [-0.4, -0.2) is 61.2 Å². The molecule has 1 fully saturated rings. The van der Waals surface area contributed by atoms with Crippen molar-refractivity contribution in [2.75, 3.05) is 26.2 Å². The Balaban J connectivity index is 1.72. The van der Waals surface area contributed by atoms with Gasteiger partial charge in [0.2, 0.25) is 10.0 Å². The molecular weight excluding hydrogens is 424 g/mol. The second-order valence-electron chi connectivity index (χ2n) is 6.33. The molecule has 12 heteroatoms. The number of sulfonamides is 1. The van der Waals surface area contributed by atoms with Gasteiger partial charge in [0.25, 0.3) is 11.6 Å². The number of amides is 1. The fraction of sp³-hybridized carbons (Fsp3) is 0.278. The fourth-order valence-corrected chi connectivity index (χ4v) is 4.66. The Labute approximate surface area is 170 Å². The minimum absolute atomic E-state index is 0.0403. The van der Waals surface area contributed by atoms with Crippen LogP contribution in [0.15, 0.2) is 53.4 Å². The van der Waals surface area contributed by atoms with Gasteiger partial charge in [-0.15, -0.1) is 0 Å². The van der Waals surface area contributed by atoms with Gasteiger partial charge in [-0.25, -0.2) is 8.42 Å². The first-order valence-corrected chi connectivity index (χ1v) is 10.2. The molecule has 0 spiro atoms. The van der Waals surface area contributed by atoms with Crippen molar-refractivity contribution in [3.63, 3.8) is 0 Å². The molecule has 0 atom stereocenters. The molecule has 0 unspecified atom stereocenters. The molecule has 1 saturated heterocycles. The maximum Gasteiger partial charge on any atom is 0.387 e. The highest BCUT2D eigenvalue weighted by molar-refractivity contribution is 7.89. The molecule has 0 aliphatic carbocycles. The number of benzene rings is 2. The summed E-state index contributed by atoms with van der Waals surface area (Å²) in [5.74, 6) is -0.620. The minimum Gasteiger partial charge on any atom is -0.435 e. The number of halogens is 2. The van der Waals surface area contributed by atoms with Crippen molar-refractivity contribution in [2.45, 2.75) is 11.5 Å². The molecule has 0 aromatic heterocycles. The van der Waals surface area contributed by atoms with Gasteiger partial charge in [-0.1, -0.05) is 18.2 Å². The minimum atomic E-state index is -4.12. The lowest BCUT2D eigenvalue weighted by molar-refractivity contribution is -0.387. The largest absolute Gasteiger partial charge is 0.435 e. The van der Waals surface area contributed by atoms with Crippen LogP contribution in [0, 0.1) is 10.1 Å². The van der Waals surface area contributed by atoms with Gasteiger partial charge in [0.05, 0.1) is 4.92 Å². The molecule has 2 aromatic rings. The first-order chi connectivity index (χ1) is 14.2. The lowest BCUT2D eigenvalue weighted by atomic mass is 10.1. The third-order valence-corrected chi connectivity index (χ3v) is 6.46. The highest BCUT2D eigenvalue weighted by Gasteiger charge is 2.34. The highest BCUT2D eigenvalue weighted by Crippen LogP contribution is 2.27. The van der Waals surface area contributed by atoms with Gasteiger partial charge >= 0.3 is 6.61 Å². The molecule has 1 aliphatic rings. The number of para-hydroxylation sites is 1. The molecule has 30 heavy (non-hydrogen) atoms. The van der Waals surface area contributed by atoms with Crippen LogP contribution >= 0.6 is 0 Å². The van der Waals surface area contributed by atoms with E-state index < -0.39 is 38.0 Å². The molecule has 1 amide bonds. The van der Waals surface area contributed by atoms with Gasteiger partial charge in [0.1, 0.15) is 5.75 Å². The van der Waals surface area contributed by atoms with Crippen LogP contribution in [-0.2, 0) is 10.0 Å². The maximum atomic E-state index is 12.8. The first kappa shape index (κ1) is 21.6. The number of alkyl halides is 2. The van der Waals surface area contributed by atoms with Gasteiger partial charge in [0.15, 0.2) is 4.90 Å². The molecule has 3 rings (SSSR count). The standard InChI is InChI=1S/C18H17F2N3O6S/c19-18(20)29-14-5-3-4-13(12-14)17(24)21-8-10-22(11-9-21)30(27,28)16-7-2-1-6-15(16)23(25)26/h1-7,12,18H,8-11H2. The summed E-state index contributed by atoms with van der Waals surface area (Å²) < 4.78 is 55.8. The second-order valence-corrected chi connectivity index (χ2v) is 8.23. The summed E-state index contributed by atoms with van der Waals surface area (Å²) in [6.07, 6.45) is 0. The van der Waals surface area contributed by atoms with Crippen molar-refractivity contribution < 1.29 is 31.7 Å². The molecule has 0 N–H and O–H groups in total. The number of carbonyl (C=O) groups is 1. The maximum absolute atomic E-state index is 12.8. The van der Waals surface area contributed by atoms with Gasteiger partial charge < -0.3 is 9.64 Å². The third-order valence-electron chi connectivity index (χ3n) is 4.51. The molecule has 1 aliphatic heterocycles. The fourth-order valence-electron chi connectivity index (χ4n) is 3.08. The van der Waals surface area contributed by atoms with Crippen molar-refractivity contribution >= 4 is 21.6 Å². The van der Waals surface area contributed by atoms with E-state index in [0.717, 1.165) is 10.4 Å². The predicted molar refractivity (Wildman–Crippen MR) is 101 cm³/mol. The number of nitrogens with zero attached hydrogens (tertiary/aromatic N) is 3. The number of hydrogen-bond donors (Lipinski definition) is 0. The first-order valence-electron chi connectivity index (χ1n) is 8.78. The summed E-state index contributed by atoms with van der Waals surface area (Å²) >= 11 is 0. The average Bonchev–Trinajstić information content (AvgIpc) is 2.73. The van der Waals surface area contributed by atoms with Crippen molar-refractivity contribution in [3.8, 4) is 5.75 Å². The molecule has 160 valence electrons. The van der Waals surface area contributed by atoms with Crippen LogP contribution in [0.4, 0.5) is 14.5 Å². The van der Waals surface area contributed by atoms with Crippen LogP contribution in [0.5, 0.6) is 5.75 Å². The average molecular weight is 441 g/mol. The summed E-state index contributed by atoms with van der Waals surface area (Å²) in [5, 5.41) is 11.2. The lowest BCUT2D eigenvalue weighted by Crippen LogP contribution is -2.50. The van der Waals surface area contributed by atoms with Crippen LogP contribution in [0.2, 0.25) is 0 Å². The van der Waals surface area contributed by atoms with E-state index >= 15 is 0 Å². The van der Waals surface area contributed by atoms with Crippen LogP contribution in [0.25, 0.3) is 0 Å². The summed E-state index contributed by atoms with van der Waals surface area (Å²) in [5.41, 5.74) is -0.394. The Morgan fingerprint density at radius 3 is 2.37 bits per heavy atom. The van der Waals surface area contributed by atoms with Crippen molar-refractivity contribution in [3.05, 3.63) is 64.2 Å². The van der Waals surface area contributed by atoms with Crippen molar-refractivity contribution in [1.29, 1.82) is 0 Å². The Morgan fingerprint density at radius 2 is 1.73 bits per heavy atom. The Kier molecular flexibility index (Phi) is 6.27. The van der Waals surface area contributed by atoms with Gasteiger partial charge in [0, 0.05) is 37.8 Å². The highest BCUT2D eigenvalue weighted by atomic mass is 32.2. The number of piperazine rings is 1. The van der Waals surface area contributed by atoms with Gasteiger partial charge in [-0.05, 0) is 24.3 Å². The SMILES string of the molecule is O=C(c1cccc(OC(F)F)c1)N1CCN(S(=O)(=O)c2ccccc2[N+](=O)[O-])CC1. The number of carbonyl (C=O) groups excluding carboxylic acids is 1. The summed E-state index contributed by atoms with van der Waals surface area (Å²) in [7, 11) is -4.12. The predicted octanol–water partition coefficient (Wildman–Crippen LogP) is 2.34. The monoisotopic (exact) mass is 441 g/mol. The molecule has 0 radical (unpaired) electrons. The normalized spacial score (nSPS) is 15.2. The quantitative estimate of drug-likeness (QED) is 0.503. The molecular formula is C18H17F2N3O6S. The second kappa shape index (κ2) is 8.71. The van der Waals surface area contributed by atoms with E-state index in [-0.39, 0.29) is 37.5 Å². The van der Waals surface area contributed by atoms with E-state index in [1.54, 1.807) is 0 Å². The number of hydrogen-bond acceptors (Lipinski definition) is 6. The molecule has 0 bridgehead atoms. The zero-order valence-electron chi connectivity index (χ0n) is 15.5. The van der Waals surface area contributed by atoms with Crippen LogP contribution in [0.1, 0.15) is 10.4 Å². The Bertz CT molecular complexity index is 1060. The van der Waals surface area contributed by atoms with Crippen molar-refractivity contribution in [1.82, 2.24) is 9.21 Å². The van der Waals surface area contributed by atoms with Crippen LogP contribution in [0.3, 0.4) is 0 Å². The Hall–Kier alpha value is -3.12. The zero-order valence-corrected chi connectivity index (χ0v) is 16.3. The molecule has 0 saturated carbocycles. The molecule has 9 nitrogen and oxygen atoms in total. The van der Waals surface area contributed by atoms with E-state index in [4.69, 9.17) is 0 Å². The molecule has 2 aromatic carbocycles. The zero-order chi connectivity index (χ0) is 21.9. The summed E-state index contributed by atoms with van der Waals surface area (Å²) in [4.78, 5) is 24.0. The number of nitro benzene ring substituents is 1. The smallest absolute Gasteiger partial charge is 0.387 e. The number of rotatable bonds is 6. The van der Waals surface area contributed by atoms with Gasteiger partial charge in [-0.3, -0.25) is 14.9 Å². The number of ether oxygens (including phenoxy) is 1. The van der Waals surface area contributed by atoms with E-state index in [0.29, 0.717) is 0 Å². The topological polar surface area (TPSA) is 110 Å². The number of nitro groups is 1. The van der Waals surface area contributed by atoms with E-state index in [1.165, 1.54) is 47.4 Å². The van der Waals surface area contributed by atoms with E-state index in [1.807, 2.05) is 0 Å². The van der Waals surface area contributed by atoms with E-state index in [2.05, 4.69) is 4.74 Å². The molecule has 1 heterocycles. The van der Waals surface area contributed by atoms with Crippen LogP contribution < -0.4 is 4.74 Å². The summed E-state index contributed by atoms with van der Waals surface area (Å²) in [6, 6.07) is 10.4. The van der Waals surface area contributed by atoms with E-state index in [9.17, 15) is 32.1 Å². The Morgan fingerprint density at radius 1 is 1.07 bits per heavy atom.